The molecule has 3 aromatic rings. The molecule has 0 bridgehead atoms. The molecule has 0 heterocycles. The third kappa shape index (κ3) is 9.05. The number of amides is 3. The fourth-order valence-corrected chi connectivity index (χ4v) is 4.35. The lowest BCUT2D eigenvalue weighted by Crippen LogP contribution is -2.36. The fourth-order valence-electron chi connectivity index (χ4n) is 3.23. The number of anilines is 2. The summed E-state index contributed by atoms with van der Waals surface area (Å²) >= 11 is 0. The number of carbonyl (C=O) groups excluding carboxylic acids is 3. The van der Waals surface area contributed by atoms with Crippen LogP contribution in [-0.2, 0) is 24.4 Å². The first-order valence-electron chi connectivity index (χ1n) is 11.8. The van der Waals surface area contributed by atoms with E-state index in [4.69, 9.17) is 4.74 Å². The third-order valence-electron chi connectivity index (χ3n) is 5.24. The van der Waals surface area contributed by atoms with Crippen molar-refractivity contribution in [2.45, 2.75) is 18.7 Å². The van der Waals surface area contributed by atoms with Gasteiger partial charge < -0.3 is 15.4 Å². The Morgan fingerprint density at radius 1 is 0.872 bits per heavy atom. The zero-order chi connectivity index (χ0) is 28.4. The van der Waals surface area contributed by atoms with E-state index in [1.54, 1.807) is 24.3 Å². The van der Waals surface area contributed by atoms with Crippen LogP contribution in [0.1, 0.15) is 18.1 Å². The molecule has 0 aromatic heterocycles. The van der Waals surface area contributed by atoms with Crippen LogP contribution >= 0.6 is 0 Å². The first-order valence-corrected chi connectivity index (χ1v) is 13.2. The number of sulfonamides is 1. The van der Waals surface area contributed by atoms with Crippen LogP contribution in [-0.4, -0.2) is 56.9 Å². The molecular weight excluding hydrogens is 522 g/mol. The Labute approximate surface area is 226 Å². The zero-order valence-corrected chi connectivity index (χ0v) is 22.5. The van der Waals surface area contributed by atoms with Gasteiger partial charge in [-0.25, -0.2) is 13.8 Å². The number of hydrogen-bond acceptors (Lipinski definition) is 7. The fraction of sp³-hybridized carbons (Fsp3) is 0.185. The minimum absolute atomic E-state index is 0.0228. The van der Waals surface area contributed by atoms with Crippen LogP contribution in [0.3, 0.4) is 0 Å². The van der Waals surface area contributed by atoms with E-state index >= 15 is 0 Å². The number of nitrogens with one attached hydrogen (secondary N) is 3. The van der Waals surface area contributed by atoms with Crippen LogP contribution in [0.25, 0.3) is 0 Å². The van der Waals surface area contributed by atoms with Gasteiger partial charge in [0, 0.05) is 25.3 Å². The van der Waals surface area contributed by atoms with Crippen LogP contribution in [0.15, 0.2) is 82.8 Å². The van der Waals surface area contributed by atoms with E-state index in [9.17, 15) is 22.8 Å². The summed E-state index contributed by atoms with van der Waals surface area (Å²) in [6, 6.07) is 19.7. The summed E-state index contributed by atoms with van der Waals surface area (Å²) in [6.45, 7) is 2.69. The molecule has 0 unspecified atom stereocenters. The van der Waals surface area contributed by atoms with Crippen molar-refractivity contribution in [2.75, 3.05) is 30.8 Å². The molecule has 39 heavy (non-hydrogen) atoms. The molecule has 0 aliphatic heterocycles. The molecule has 3 amide bonds. The highest BCUT2D eigenvalue weighted by Crippen LogP contribution is 2.17. The summed E-state index contributed by atoms with van der Waals surface area (Å²) in [5.74, 6) is -0.719. The van der Waals surface area contributed by atoms with Crippen molar-refractivity contribution in [3.63, 3.8) is 0 Å². The van der Waals surface area contributed by atoms with Gasteiger partial charge in [-0.2, -0.15) is 9.41 Å². The van der Waals surface area contributed by atoms with Crippen molar-refractivity contribution in [3.05, 3.63) is 83.9 Å². The Balaban J connectivity index is 1.44. The molecule has 0 aliphatic rings. The predicted molar refractivity (Wildman–Crippen MR) is 148 cm³/mol. The van der Waals surface area contributed by atoms with E-state index in [0.29, 0.717) is 22.7 Å². The minimum Gasteiger partial charge on any atom is -0.484 e. The van der Waals surface area contributed by atoms with E-state index in [1.807, 2.05) is 31.2 Å². The summed E-state index contributed by atoms with van der Waals surface area (Å²) in [5.41, 5.74) is 5.17. The van der Waals surface area contributed by atoms with Crippen molar-refractivity contribution in [1.29, 1.82) is 0 Å². The van der Waals surface area contributed by atoms with Crippen LogP contribution in [0.5, 0.6) is 5.75 Å². The van der Waals surface area contributed by atoms with Crippen molar-refractivity contribution in [3.8, 4) is 5.75 Å². The molecule has 0 saturated heterocycles. The van der Waals surface area contributed by atoms with Crippen molar-refractivity contribution >= 4 is 45.3 Å². The third-order valence-corrected chi connectivity index (χ3v) is 7.05. The van der Waals surface area contributed by atoms with Crippen molar-refractivity contribution < 1.29 is 27.5 Å². The van der Waals surface area contributed by atoms with Crippen molar-refractivity contribution in [1.82, 2.24) is 9.73 Å². The largest absolute Gasteiger partial charge is 0.484 e. The highest BCUT2D eigenvalue weighted by atomic mass is 32.2. The lowest BCUT2D eigenvalue weighted by Gasteiger charge is -2.16. The van der Waals surface area contributed by atoms with E-state index in [-0.39, 0.29) is 23.3 Å². The highest BCUT2D eigenvalue weighted by molar-refractivity contribution is 7.89. The van der Waals surface area contributed by atoms with Gasteiger partial charge in [-0.3, -0.25) is 14.4 Å². The number of likely N-dealkylation sites (N-methyl/N-ethyl adjacent to an activating group) is 1. The lowest BCUT2D eigenvalue weighted by atomic mass is 10.2. The molecule has 0 aliphatic carbocycles. The minimum atomic E-state index is -3.93. The maximum atomic E-state index is 12.7. The van der Waals surface area contributed by atoms with Gasteiger partial charge in [0.1, 0.15) is 5.75 Å². The number of nitrogens with zero attached hydrogens (tertiary/aromatic N) is 2. The van der Waals surface area contributed by atoms with Gasteiger partial charge in [-0.1, -0.05) is 17.7 Å². The Hall–Kier alpha value is -4.55. The van der Waals surface area contributed by atoms with Crippen LogP contribution in [0.4, 0.5) is 11.4 Å². The first-order chi connectivity index (χ1) is 18.5. The maximum Gasteiger partial charge on any atom is 0.262 e. The monoisotopic (exact) mass is 551 g/mol. The number of rotatable bonds is 11. The molecule has 0 fully saturated rings. The average molecular weight is 552 g/mol. The standard InChI is InChI=1S/C27H29N5O6S/c1-19-4-8-23(9-5-19)30-27(35)18-38-24-12-6-21(7-13-24)16-28-31-26(34)17-32(3)39(36,37)25-14-10-22(11-15-25)29-20(2)33/h4-16H,17-18H2,1-3H3,(H,29,33)(H,30,35)(H,31,34)/b28-16-. The highest BCUT2D eigenvalue weighted by Gasteiger charge is 2.22. The Morgan fingerprint density at radius 3 is 2.08 bits per heavy atom. The molecule has 0 radical (unpaired) electrons. The van der Waals surface area contributed by atoms with E-state index in [2.05, 4.69) is 21.2 Å². The Kier molecular flexibility index (Phi) is 9.90. The molecule has 3 rings (SSSR count). The molecule has 11 nitrogen and oxygen atoms in total. The second-order valence-corrected chi connectivity index (χ2v) is 10.6. The summed E-state index contributed by atoms with van der Waals surface area (Å²) in [7, 11) is -2.65. The van der Waals surface area contributed by atoms with Gasteiger partial charge in [0.05, 0.1) is 17.7 Å². The van der Waals surface area contributed by atoms with Crippen molar-refractivity contribution in [2.24, 2.45) is 5.10 Å². The number of hydrogen-bond donors (Lipinski definition) is 3. The van der Waals surface area contributed by atoms with Gasteiger partial charge in [-0.05, 0) is 73.2 Å². The zero-order valence-electron chi connectivity index (χ0n) is 21.7. The molecule has 3 N–H and O–H groups in total. The number of benzene rings is 3. The lowest BCUT2D eigenvalue weighted by molar-refractivity contribution is -0.121. The topological polar surface area (TPSA) is 146 Å². The summed E-state index contributed by atoms with van der Waals surface area (Å²) in [4.78, 5) is 35.4. The second kappa shape index (κ2) is 13.3. The second-order valence-electron chi connectivity index (χ2n) is 8.53. The average Bonchev–Trinajstić information content (AvgIpc) is 2.89. The quantitative estimate of drug-likeness (QED) is 0.247. The normalized spacial score (nSPS) is 11.3. The number of carbonyl (C=O) groups is 3. The smallest absolute Gasteiger partial charge is 0.262 e. The summed E-state index contributed by atoms with van der Waals surface area (Å²) in [6.07, 6.45) is 1.39. The molecule has 0 saturated carbocycles. The predicted octanol–water partition coefficient (Wildman–Crippen LogP) is 2.74. The summed E-state index contributed by atoms with van der Waals surface area (Å²) < 4.78 is 31.8. The number of hydrazone groups is 1. The maximum absolute atomic E-state index is 12.7. The van der Waals surface area contributed by atoms with Crippen LogP contribution in [0.2, 0.25) is 0 Å². The molecule has 0 atom stereocenters. The molecule has 204 valence electrons. The first kappa shape index (κ1) is 29.0. The van der Waals surface area contributed by atoms with E-state index in [1.165, 1.54) is 44.5 Å². The van der Waals surface area contributed by atoms with Crippen LogP contribution in [0, 0.1) is 6.92 Å². The van der Waals surface area contributed by atoms with Gasteiger partial charge in [-0.15, -0.1) is 0 Å². The Bertz CT molecular complexity index is 1440. The molecule has 12 heteroatoms. The summed E-state index contributed by atoms with van der Waals surface area (Å²) in [5, 5.41) is 9.16. The SMILES string of the molecule is CC(=O)Nc1ccc(S(=O)(=O)N(C)CC(=O)N/N=C\c2ccc(OCC(=O)Nc3ccc(C)cc3)cc2)cc1. The molecule has 0 spiro atoms. The van der Waals surface area contributed by atoms with Gasteiger partial charge in [0.2, 0.25) is 15.9 Å². The Morgan fingerprint density at radius 2 is 1.46 bits per heavy atom. The van der Waals surface area contributed by atoms with Crippen LogP contribution < -0.4 is 20.8 Å². The number of ether oxygens (including phenoxy) is 1. The van der Waals surface area contributed by atoms with Gasteiger partial charge in [0.25, 0.3) is 11.8 Å². The number of aryl methyl sites for hydroxylation is 1. The van der Waals surface area contributed by atoms with E-state index < -0.39 is 22.5 Å². The molecule has 3 aromatic carbocycles. The van der Waals surface area contributed by atoms with Gasteiger partial charge >= 0.3 is 0 Å². The van der Waals surface area contributed by atoms with E-state index in [0.717, 1.165) is 9.87 Å². The molecular formula is C27H29N5O6S. The van der Waals surface area contributed by atoms with Gasteiger partial charge in [0.15, 0.2) is 6.61 Å².